The summed E-state index contributed by atoms with van der Waals surface area (Å²) in [6.45, 7) is 7.17. The maximum atomic E-state index is 12.3. The van der Waals surface area contributed by atoms with Gasteiger partial charge in [-0.25, -0.2) is 0 Å². The first-order valence-corrected chi connectivity index (χ1v) is 8.48. The molecule has 6 heteroatoms. The van der Waals surface area contributed by atoms with E-state index in [1.165, 1.54) is 0 Å². The summed E-state index contributed by atoms with van der Waals surface area (Å²) in [4.78, 5) is 16.3. The van der Waals surface area contributed by atoms with E-state index in [4.69, 9.17) is 21.1 Å². The van der Waals surface area contributed by atoms with E-state index in [1.807, 2.05) is 24.8 Å². The third-order valence-corrected chi connectivity index (χ3v) is 4.12. The van der Waals surface area contributed by atoms with Gasteiger partial charge in [0.2, 0.25) is 5.91 Å². The standard InChI is InChI=1S/C18H25ClN2O3/c1-13(2)24-18-15(19)11-14(12-16(18)23-4)5-6-17(22)21-9-7-20(3)8-10-21/h5-6,11-13H,7-10H2,1-4H3. The minimum Gasteiger partial charge on any atom is -0.493 e. The third kappa shape index (κ3) is 4.89. The summed E-state index contributed by atoms with van der Waals surface area (Å²) in [5.41, 5.74) is 0.801. The Hall–Kier alpha value is -1.72. The Morgan fingerprint density at radius 3 is 2.50 bits per heavy atom. The lowest BCUT2D eigenvalue weighted by Gasteiger charge is -2.31. The molecule has 132 valence electrons. The van der Waals surface area contributed by atoms with Crippen LogP contribution in [-0.2, 0) is 4.79 Å². The molecule has 0 N–H and O–H groups in total. The quantitative estimate of drug-likeness (QED) is 0.764. The molecule has 0 atom stereocenters. The van der Waals surface area contributed by atoms with Crippen molar-refractivity contribution in [2.75, 3.05) is 40.3 Å². The number of benzene rings is 1. The summed E-state index contributed by atoms with van der Waals surface area (Å²) >= 11 is 6.30. The van der Waals surface area contributed by atoms with Gasteiger partial charge in [-0.2, -0.15) is 0 Å². The monoisotopic (exact) mass is 352 g/mol. The average Bonchev–Trinajstić information content (AvgIpc) is 2.55. The first kappa shape index (κ1) is 18.6. The van der Waals surface area contributed by atoms with Gasteiger partial charge in [-0.3, -0.25) is 4.79 Å². The first-order chi connectivity index (χ1) is 11.4. The summed E-state index contributed by atoms with van der Waals surface area (Å²) in [5, 5.41) is 0.467. The van der Waals surface area contributed by atoms with Gasteiger partial charge < -0.3 is 19.3 Å². The summed E-state index contributed by atoms with van der Waals surface area (Å²) in [6, 6.07) is 3.59. The molecular formula is C18H25ClN2O3. The van der Waals surface area contributed by atoms with Gasteiger partial charge in [0.05, 0.1) is 18.2 Å². The van der Waals surface area contributed by atoms with Crippen LogP contribution in [0, 0.1) is 0 Å². The van der Waals surface area contributed by atoms with Crippen LogP contribution in [0.3, 0.4) is 0 Å². The van der Waals surface area contributed by atoms with Crippen molar-refractivity contribution in [3.8, 4) is 11.5 Å². The van der Waals surface area contributed by atoms with E-state index < -0.39 is 0 Å². The summed E-state index contributed by atoms with van der Waals surface area (Å²) in [6.07, 6.45) is 3.34. The molecule has 1 amide bonds. The van der Waals surface area contributed by atoms with Crippen molar-refractivity contribution in [1.29, 1.82) is 0 Å². The van der Waals surface area contributed by atoms with Crippen molar-refractivity contribution in [1.82, 2.24) is 9.80 Å². The second-order valence-electron chi connectivity index (χ2n) is 6.16. The van der Waals surface area contributed by atoms with Crippen LogP contribution in [0.5, 0.6) is 11.5 Å². The van der Waals surface area contributed by atoms with E-state index in [9.17, 15) is 4.79 Å². The lowest BCUT2D eigenvalue weighted by Crippen LogP contribution is -2.46. The van der Waals surface area contributed by atoms with Gasteiger partial charge in [-0.1, -0.05) is 11.6 Å². The molecule has 2 rings (SSSR count). The van der Waals surface area contributed by atoms with Crippen LogP contribution in [0.25, 0.3) is 6.08 Å². The molecule has 0 spiro atoms. The number of amides is 1. The average molecular weight is 353 g/mol. The highest BCUT2D eigenvalue weighted by Gasteiger charge is 2.17. The van der Waals surface area contributed by atoms with Crippen LogP contribution in [0.1, 0.15) is 19.4 Å². The predicted molar refractivity (Wildman–Crippen MR) is 96.9 cm³/mol. The zero-order valence-electron chi connectivity index (χ0n) is 14.7. The second kappa shape index (κ2) is 8.40. The van der Waals surface area contributed by atoms with Gasteiger partial charge >= 0.3 is 0 Å². The fourth-order valence-electron chi connectivity index (χ4n) is 2.49. The number of rotatable bonds is 5. The van der Waals surface area contributed by atoms with Crippen molar-refractivity contribution >= 4 is 23.6 Å². The van der Waals surface area contributed by atoms with Crippen LogP contribution in [0.4, 0.5) is 0 Å². The van der Waals surface area contributed by atoms with Crippen molar-refractivity contribution < 1.29 is 14.3 Å². The number of piperazine rings is 1. The molecule has 5 nitrogen and oxygen atoms in total. The fraction of sp³-hybridized carbons (Fsp3) is 0.500. The van der Waals surface area contributed by atoms with Crippen LogP contribution in [-0.4, -0.2) is 62.1 Å². The van der Waals surface area contributed by atoms with Crippen molar-refractivity contribution in [2.24, 2.45) is 0 Å². The summed E-state index contributed by atoms with van der Waals surface area (Å²) in [7, 11) is 3.63. The topological polar surface area (TPSA) is 42.0 Å². The lowest BCUT2D eigenvalue weighted by molar-refractivity contribution is -0.127. The molecule has 24 heavy (non-hydrogen) atoms. The van der Waals surface area contributed by atoms with E-state index in [0.717, 1.165) is 31.7 Å². The molecule has 0 aliphatic carbocycles. The van der Waals surface area contributed by atoms with Crippen molar-refractivity contribution in [3.63, 3.8) is 0 Å². The van der Waals surface area contributed by atoms with Crippen LogP contribution in [0.15, 0.2) is 18.2 Å². The Balaban J connectivity index is 2.11. The normalized spacial score (nSPS) is 16.0. The fourth-order valence-corrected chi connectivity index (χ4v) is 2.75. The Morgan fingerprint density at radius 2 is 1.92 bits per heavy atom. The number of nitrogens with zero attached hydrogens (tertiary/aromatic N) is 2. The van der Waals surface area contributed by atoms with Crippen LogP contribution < -0.4 is 9.47 Å². The summed E-state index contributed by atoms with van der Waals surface area (Å²) < 4.78 is 11.1. The van der Waals surface area contributed by atoms with Gasteiger partial charge in [0.1, 0.15) is 0 Å². The highest BCUT2D eigenvalue weighted by atomic mass is 35.5. The second-order valence-corrected chi connectivity index (χ2v) is 6.57. The largest absolute Gasteiger partial charge is 0.493 e. The van der Waals surface area contributed by atoms with E-state index in [0.29, 0.717) is 16.5 Å². The van der Waals surface area contributed by atoms with Crippen LogP contribution >= 0.6 is 11.6 Å². The number of halogens is 1. The maximum absolute atomic E-state index is 12.3. The molecule has 0 radical (unpaired) electrons. The molecule has 0 bridgehead atoms. The molecule has 0 saturated carbocycles. The van der Waals surface area contributed by atoms with E-state index in [1.54, 1.807) is 25.3 Å². The number of carbonyl (C=O) groups is 1. The molecule has 0 unspecified atom stereocenters. The zero-order chi connectivity index (χ0) is 17.7. The van der Waals surface area contributed by atoms with Crippen LogP contribution in [0.2, 0.25) is 5.02 Å². The Kier molecular flexibility index (Phi) is 6.52. The minimum atomic E-state index is -0.00315. The molecule has 1 aliphatic rings. The molecule has 1 aliphatic heterocycles. The molecule has 1 saturated heterocycles. The molecule has 1 heterocycles. The Morgan fingerprint density at radius 1 is 1.25 bits per heavy atom. The number of hydrogen-bond donors (Lipinski definition) is 0. The number of carbonyl (C=O) groups excluding carboxylic acids is 1. The van der Waals surface area contributed by atoms with E-state index >= 15 is 0 Å². The van der Waals surface area contributed by atoms with Gasteiger partial charge in [0.25, 0.3) is 0 Å². The Bertz CT molecular complexity index is 609. The highest BCUT2D eigenvalue weighted by molar-refractivity contribution is 6.32. The smallest absolute Gasteiger partial charge is 0.246 e. The molecule has 1 aromatic carbocycles. The zero-order valence-corrected chi connectivity index (χ0v) is 15.5. The Labute approximate surface area is 148 Å². The molecular weight excluding hydrogens is 328 g/mol. The summed E-state index contributed by atoms with van der Waals surface area (Å²) in [5.74, 6) is 1.10. The lowest BCUT2D eigenvalue weighted by atomic mass is 10.1. The number of hydrogen-bond acceptors (Lipinski definition) is 4. The number of ether oxygens (including phenoxy) is 2. The third-order valence-electron chi connectivity index (χ3n) is 3.84. The number of likely N-dealkylation sites (N-methyl/N-ethyl adjacent to an activating group) is 1. The maximum Gasteiger partial charge on any atom is 0.246 e. The predicted octanol–water partition coefficient (Wildman–Crippen LogP) is 2.92. The molecule has 1 fully saturated rings. The van der Waals surface area contributed by atoms with Gasteiger partial charge in [0, 0.05) is 32.3 Å². The van der Waals surface area contributed by atoms with Gasteiger partial charge in [-0.15, -0.1) is 0 Å². The van der Waals surface area contributed by atoms with Crippen molar-refractivity contribution in [3.05, 3.63) is 28.8 Å². The highest BCUT2D eigenvalue weighted by Crippen LogP contribution is 2.37. The van der Waals surface area contributed by atoms with Crippen molar-refractivity contribution in [2.45, 2.75) is 20.0 Å². The molecule has 0 aromatic heterocycles. The minimum absolute atomic E-state index is 0.00315. The SMILES string of the molecule is COc1cc(C=CC(=O)N2CCN(C)CC2)cc(Cl)c1OC(C)C. The first-order valence-electron chi connectivity index (χ1n) is 8.10. The van der Waals surface area contributed by atoms with E-state index in [2.05, 4.69) is 11.9 Å². The van der Waals surface area contributed by atoms with Gasteiger partial charge in [-0.05, 0) is 44.7 Å². The molecule has 1 aromatic rings. The van der Waals surface area contributed by atoms with E-state index in [-0.39, 0.29) is 12.0 Å². The number of methoxy groups -OCH3 is 1. The van der Waals surface area contributed by atoms with Gasteiger partial charge in [0.15, 0.2) is 11.5 Å².